The third kappa shape index (κ3) is 4.32. The van der Waals surface area contributed by atoms with Crippen LogP contribution in [0.5, 0.6) is 11.5 Å². The molecule has 6 nitrogen and oxygen atoms in total. The molecule has 0 spiro atoms. The maximum absolute atomic E-state index is 13.5. The van der Waals surface area contributed by atoms with E-state index >= 15 is 0 Å². The Morgan fingerprint density at radius 2 is 1.61 bits per heavy atom. The maximum Gasteiger partial charge on any atom is 0.343 e. The molecule has 0 N–H and O–H groups in total. The lowest BCUT2D eigenvalue weighted by molar-refractivity contribution is 0.0731. The number of carbonyl (C=O) groups is 1. The lowest BCUT2D eigenvalue weighted by atomic mass is 10.1. The highest BCUT2D eigenvalue weighted by atomic mass is 16.5. The molecule has 1 heterocycles. The molecule has 4 aromatic rings. The number of esters is 1. The molecular formula is C27H25NO5. The van der Waals surface area contributed by atoms with Crippen molar-refractivity contribution in [1.82, 2.24) is 0 Å². The second-order valence-corrected chi connectivity index (χ2v) is 8.11. The topological polar surface area (TPSA) is 69.0 Å². The summed E-state index contributed by atoms with van der Waals surface area (Å²) in [4.78, 5) is 28.4. The Balaban J connectivity index is 1.86. The highest BCUT2D eigenvalue weighted by Gasteiger charge is 2.22. The first-order valence-corrected chi connectivity index (χ1v) is 10.5. The van der Waals surface area contributed by atoms with E-state index in [0.29, 0.717) is 27.8 Å². The molecule has 0 bridgehead atoms. The third-order valence-corrected chi connectivity index (χ3v) is 5.45. The van der Waals surface area contributed by atoms with E-state index < -0.39 is 11.4 Å². The number of benzene rings is 3. The van der Waals surface area contributed by atoms with E-state index in [1.807, 2.05) is 51.0 Å². The van der Waals surface area contributed by atoms with Crippen molar-refractivity contribution in [2.45, 2.75) is 13.8 Å². The number of aryl methyl sites for hydroxylation is 2. The van der Waals surface area contributed by atoms with Gasteiger partial charge in [-0.3, -0.25) is 4.79 Å². The number of fused-ring (bicyclic) bond motifs is 1. The molecule has 0 atom stereocenters. The van der Waals surface area contributed by atoms with Gasteiger partial charge in [-0.1, -0.05) is 6.07 Å². The van der Waals surface area contributed by atoms with E-state index in [1.165, 1.54) is 0 Å². The molecule has 168 valence electrons. The van der Waals surface area contributed by atoms with Gasteiger partial charge in [-0.15, -0.1) is 0 Å². The highest BCUT2D eigenvalue weighted by molar-refractivity contribution is 5.93. The Morgan fingerprint density at radius 3 is 2.21 bits per heavy atom. The first kappa shape index (κ1) is 22.1. The van der Waals surface area contributed by atoms with Crippen molar-refractivity contribution < 1.29 is 18.7 Å². The number of hydrogen-bond acceptors (Lipinski definition) is 6. The third-order valence-electron chi connectivity index (χ3n) is 5.45. The van der Waals surface area contributed by atoms with Gasteiger partial charge in [0.05, 0.1) is 18.1 Å². The average Bonchev–Trinajstić information content (AvgIpc) is 2.81. The summed E-state index contributed by atoms with van der Waals surface area (Å²) in [6, 6.07) is 17.7. The number of carbonyl (C=O) groups excluding carboxylic acids is 1. The van der Waals surface area contributed by atoms with Crippen LogP contribution in [-0.4, -0.2) is 27.2 Å². The number of methoxy groups -OCH3 is 1. The van der Waals surface area contributed by atoms with E-state index in [-0.39, 0.29) is 11.5 Å². The highest BCUT2D eigenvalue weighted by Crippen LogP contribution is 2.34. The van der Waals surface area contributed by atoms with Gasteiger partial charge in [0.2, 0.25) is 11.2 Å². The Bertz CT molecular complexity index is 1380. The number of nitrogens with zero attached hydrogens (tertiary/aromatic N) is 1. The van der Waals surface area contributed by atoms with Gasteiger partial charge in [0.1, 0.15) is 11.3 Å². The second kappa shape index (κ2) is 8.82. The molecule has 0 aliphatic heterocycles. The van der Waals surface area contributed by atoms with E-state index in [0.717, 1.165) is 16.8 Å². The van der Waals surface area contributed by atoms with Gasteiger partial charge in [-0.25, -0.2) is 4.79 Å². The first-order chi connectivity index (χ1) is 15.8. The lowest BCUT2D eigenvalue weighted by Crippen LogP contribution is -2.17. The molecule has 0 saturated heterocycles. The van der Waals surface area contributed by atoms with Crippen LogP contribution in [0.3, 0.4) is 0 Å². The Morgan fingerprint density at radius 1 is 0.939 bits per heavy atom. The van der Waals surface area contributed by atoms with Gasteiger partial charge in [0.25, 0.3) is 0 Å². The Hall–Kier alpha value is -4.06. The van der Waals surface area contributed by atoms with E-state index in [9.17, 15) is 9.59 Å². The van der Waals surface area contributed by atoms with Crippen molar-refractivity contribution in [3.05, 3.63) is 87.6 Å². The van der Waals surface area contributed by atoms with Crippen molar-refractivity contribution >= 4 is 22.6 Å². The van der Waals surface area contributed by atoms with E-state index in [2.05, 4.69) is 0 Å². The van der Waals surface area contributed by atoms with Crippen molar-refractivity contribution in [2.75, 3.05) is 26.1 Å². The van der Waals surface area contributed by atoms with Gasteiger partial charge in [-0.2, -0.15) is 0 Å². The molecule has 0 unspecified atom stereocenters. The average molecular weight is 443 g/mol. The predicted molar refractivity (Wildman–Crippen MR) is 130 cm³/mol. The van der Waals surface area contributed by atoms with Crippen LogP contribution in [0.2, 0.25) is 0 Å². The number of ether oxygens (including phenoxy) is 2. The molecule has 0 amide bonds. The molecule has 0 saturated carbocycles. The number of hydrogen-bond donors (Lipinski definition) is 0. The van der Waals surface area contributed by atoms with Crippen LogP contribution >= 0.6 is 0 Å². The fourth-order valence-corrected chi connectivity index (χ4v) is 3.70. The molecular weight excluding hydrogens is 418 g/mol. The Kier molecular flexibility index (Phi) is 5.92. The summed E-state index contributed by atoms with van der Waals surface area (Å²) in [5.41, 5.74) is 3.69. The van der Waals surface area contributed by atoms with Crippen LogP contribution in [0.4, 0.5) is 5.69 Å². The monoisotopic (exact) mass is 443 g/mol. The smallest absolute Gasteiger partial charge is 0.343 e. The number of rotatable bonds is 5. The zero-order valence-corrected chi connectivity index (χ0v) is 19.3. The summed E-state index contributed by atoms with van der Waals surface area (Å²) >= 11 is 0. The minimum Gasteiger partial charge on any atom is -0.497 e. The van der Waals surface area contributed by atoms with E-state index in [4.69, 9.17) is 13.9 Å². The van der Waals surface area contributed by atoms with Crippen molar-refractivity contribution in [1.29, 1.82) is 0 Å². The van der Waals surface area contributed by atoms with Crippen LogP contribution in [0, 0.1) is 13.8 Å². The van der Waals surface area contributed by atoms with Gasteiger partial charge in [-0.05, 0) is 79.6 Å². The molecule has 33 heavy (non-hydrogen) atoms. The maximum atomic E-state index is 13.5. The standard InChI is InChI=1S/C27H25NO5/c1-16-14-17(2)24-22(15-16)23(29)26(25(32-24)18-8-12-21(31-5)13-9-18)33-27(30)19-6-10-20(11-7-19)28(3)4/h6-15H,1-5H3. The molecule has 4 rings (SSSR count). The zero-order valence-electron chi connectivity index (χ0n) is 19.3. The van der Waals surface area contributed by atoms with Crippen LogP contribution in [0.15, 0.2) is 69.9 Å². The molecule has 0 radical (unpaired) electrons. The quantitative estimate of drug-likeness (QED) is 0.386. The minimum atomic E-state index is -0.633. The summed E-state index contributed by atoms with van der Waals surface area (Å²) in [6.45, 7) is 3.79. The summed E-state index contributed by atoms with van der Waals surface area (Å²) in [5, 5.41) is 0.371. The summed E-state index contributed by atoms with van der Waals surface area (Å²) in [7, 11) is 5.41. The first-order valence-electron chi connectivity index (χ1n) is 10.5. The van der Waals surface area contributed by atoms with Gasteiger partial charge in [0, 0.05) is 25.3 Å². The van der Waals surface area contributed by atoms with Gasteiger partial charge < -0.3 is 18.8 Å². The normalized spacial score (nSPS) is 10.8. The van der Waals surface area contributed by atoms with Crippen LogP contribution in [0.1, 0.15) is 21.5 Å². The summed E-state index contributed by atoms with van der Waals surface area (Å²) < 4.78 is 17.1. The largest absolute Gasteiger partial charge is 0.497 e. The van der Waals surface area contributed by atoms with Crippen molar-refractivity contribution in [2.24, 2.45) is 0 Å². The SMILES string of the molecule is COc1ccc(-c2oc3c(C)cc(C)cc3c(=O)c2OC(=O)c2ccc(N(C)C)cc2)cc1. The molecule has 1 aromatic heterocycles. The fraction of sp³-hybridized carbons (Fsp3) is 0.185. The van der Waals surface area contributed by atoms with Crippen LogP contribution in [-0.2, 0) is 0 Å². The van der Waals surface area contributed by atoms with Crippen molar-refractivity contribution in [3.63, 3.8) is 0 Å². The van der Waals surface area contributed by atoms with Gasteiger partial charge in [0.15, 0.2) is 5.76 Å². The summed E-state index contributed by atoms with van der Waals surface area (Å²) in [5.74, 6) is 0.0824. The lowest BCUT2D eigenvalue weighted by Gasteiger charge is -2.14. The zero-order chi connectivity index (χ0) is 23.7. The molecule has 0 fully saturated rings. The summed E-state index contributed by atoms with van der Waals surface area (Å²) in [6.07, 6.45) is 0. The van der Waals surface area contributed by atoms with E-state index in [1.54, 1.807) is 49.6 Å². The van der Waals surface area contributed by atoms with Crippen LogP contribution in [0.25, 0.3) is 22.3 Å². The van der Waals surface area contributed by atoms with Crippen molar-refractivity contribution in [3.8, 4) is 22.8 Å². The molecule has 3 aromatic carbocycles. The molecule has 0 aliphatic carbocycles. The minimum absolute atomic E-state index is 0.139. The predicted octanol–water partition coefficient (Wildman–Crippen LogP) is 5.37. The van der Waals surface area contributed by atoms with Gasteiger partial charge >= 0.3 is 5.97 Å². The fourth-order valence-electron chi connectivity index (χ4n) is 3.70. The van der Waals surface area contributed by atoms with Crippen LogP contribution < -0.4 is 19.8 Å². The molecule has 6 heteroatoms. The Labute approximate surface area is 192 Å². The number of anilines is 1. The second-order valence-electron chi connectivity index (χ2n) is 8.11. The molecule has 0 aliphatic rings.